The molecule has 0 saturated carbocycles. The molecule has 0 atom stereocenters. The van der Waals surface area contributed by atoms with E-state index in [0.717, 1.165) is 25.1 Å². The quantitative estimate of drug-likeness (QED) is 0.452. The van der Waals surface area contributed by atoms with Crippen molar-refractivity contribution in [2.75, 3.05) is 11.9 Å². The molecule has 0 unspecified atom stereocenters. The lowest BCUT2D eigenvalue weighted by atomic mass is 10.1. The van der Waals surface area contributed by atoms with Crippen molar-refractivity contribution in [2.45, 2.75) is 13.0 Å². The van der Waals surface area contributed by atoms with Gasteiger partial charge in [-0.25, -0.2) is 0 Å². The topological polar surface area (TPSA) is 74.2 Å². The molecule has 1 aromatic heterocycles. The number of para-hydroxylation sites is 2. The molecule has 3 aromatic rings. The maximum atomic E-state index is 12.3. The van der Waals surface area contributed by atoms with E-state index in [1.807, 2.05) is 24.3 Å². The third-order valence-electron chi connectivity index (χ3n) is 4.04. The number of aromatic nitrogens is 1. The summed E-state index contributed by atoms with van der Waals surface area (Å²) < 4.78 is 0. The average molecular weight is 347 g/mol. The predicted molar refractivity (Wildman–Crippen MR) is 102 cm³/mol. The molecule has 0 bridgehead atoms. The fourth-order valence-corrected chi connectivity index (χ4v) is 2.56. The molecular weight excluding hydrogens is 326 g/mol. The van der Waals surface area contributed by atoms with E-state index in [1.165, 1.54) is 11.6 Å². The molecule has 0 fully saturated rings. The molecule has 3 rings (SSSR count). The van der Waals surface area contributed by atoms with Crippen molar-refractivity contribution >= 4 is 11.6 Å². The number of carbonyl (C=O) groups is 1. The zero-order valence-corrected chi connectivity index (χ0v) is 14.4. The first-order valence-electron chi connectivity index (χ1n) is 8.50. The van der Waals surface area contributed by atoms with Crippen LogP contribution in [0.1, 0.15) is 21.5 Å². The lowest BCUT2D eigenvalue weighted by molar-refractivity contribution is 0.102. The highest BCUT2D eigenvalue weighted by Gasteiger charge is 2.08. The summed E-state index contributed by atoms with van der Waals surface area (Å²) in [4.78, 5) is 16.3. The summed E-state index contributed by atoms with van der Waals surface area (Å²) in [5.41, 5.74) is 3.32. The molecule has 0 aliphatic rings. The summed E-state index contributed by atoms with van der Waals surface area (Å²) in [6, 6.07) is 18.1. The van der Waals surface area contributed by atoms with Gasteiger partial charge in [0.05, 0.1) is 5.69 Å². The number of hydrogen-bond acceptors (Lipinski definition) is 4. The number of nitrogens with zero attached hydrogens (tertiary/aromatic N) is 1. The number of nitrogens with one attached hydrogen (secondary N) is 2. The first-order valence-corrected chi connectivity index (χ1v) is 8.50. The van der Waals surface area contributed by atoms with Crippen LogP contribution in [-0.4, -0.2) is 22.5 Å². The Labute approximate surface area is 152 Å². The van der Waals surface area contributed by atoms with Gasteiger partial charge < -0.3 is 15.7 Å². The van der Waals surface area contributed by atoms with Crippen molar-refractivity contribution in [1.82, 2.24) is 10.3 Å². The van der Waals surface area contributed by atoms with E-state index in [0.29, 0.717) is 11.3 Å². The Bertz CT molecular complexity index is 849. The maximum absolute atomic E-state index is 12.3. The van der Waals surface area contributed by atoms with Crippen molar-refractivity contribution in [3.05, 3.63) is 89.7 Å². The summed E-state index contributed by atoms with van der Waals surface area (Å²) in [5.74, 6) is -0.195. The van der Waals surface area contributed by atoms with E-state index in [2.05, 4.69) is 15.6 Å². The number of anilines is 1. The molecular formula is C21H21N3O2. The van der Waals surface area contributed by atoms with Gasteiger partial charge in [-0.1, -0.05) is 24.3 Å². The molecule has 0 aliphatic carbocycles. The van der Waals surface area contributed by atoms with Crippen molar-refractivity contribution in [1.29, 1.82) is 0 Å². The molecule has 132 valence electrons. The maximum Gasteiger partial charge on any atom is 0.255 e. The summed E-state index contributed by atoms with van der Waals surface area (Å²) in [7, 11) is 0. The standard InChI is InChI=1S/C21H21N3O2/c25-20-4-2-1-3-19(20)24-21(26)18-7-5-17(6-8-18)15-23-14-11-16-9-12-22-13-10-16/h1-10,12-13,23,25H,11,14-15H2,(H,24,26). The van der Waals surface area contributed by atoms with Gasteiger partial charge in [0, 0.05) is 24.5 Å². The number of amides is 1. The molecule has 5 heteroatoms. The second kappa shape index (κ2) is 8.78. The van der Waals surface area contributed by atoms with Gasteiger partial charge >= 0.3 is 0 Å². The molecule has 3 N–H and O–H groups in total. The lowest BCUT2D eigenvalue weighted by Crippen LogP contribution is -2.17. The van der Waals surface area contributed by atoms with Crippen LogP contribution in [0.4, 0.5) is 5.69 Å². The first kappa shape index (κ1) is 17.6. The van der Waals surface area contributed by atoms with E-state index >= 15 is 0 Å². The van der Waals surface area contributed by atoms with Crippen LogP contribution in [0.3, 0.4) is 0 Å². The van der Waals surface area contributed by atoms with Gasteiger partial charge in [-0.15, -0.1) is 0 Å². The third-order valence-corrected chi connectivity index (χ3v) is 4.04. The molecule has 1 heterocycles. The Morgan fingerprint density at radius 3 is 2.38 bits per heavy atom. The van der Waals surface area contributed by atoms with Gasteiger partial charge in [-0.3, -0.25) is 9.78 Å². The van der Waals surface area contributed by atoms with Crippen molar-refractivity contribution in [2.24, 2.45) is 0 Å². The number of pyridine rings is 1. The summed E-state index contributed by atoms with van der Waals surface area (Å²) in [6.45, 7) is 1.62. The van der Waals surface area contributed by atoms with Gasteiger partial charge in [-0.05, 0) is 60.5 Å². The van der Waals surface area contributed by atoms with Crippen molar-refractivity contribution in [3.63, 3.8) is 0 Å². The van der Waals surface area contributed by atoms with Gasteiger partial charge in [0.1, 0.15) is 5.75 Å². The third kappa shape index (κ3) is 4.91. The molecule has 0 spiro atoms. The van der Waals surface area contributed by atoms with E-state index in [-0.39, 0.29) is 11.7 Å². The predicted octanol–water partition coefficient (Wildman–Crippen LogP) is 3.37. The monoisotopic (exact) mass is 347 g/mol. The Hall–Kier alpha value is -3.18. The van der Waals surface area contributed by atoms with Gasteiger partial charge in [0.15, 0.2) is 0 Å². The van der Waals surface area contributed by atoms with Crippen molar-refractivity contribution in [3.8, 4) is 5.75 Å². The smallest absolute Gasteiger partial charge is 0.255 e. The van der Waals surface area contributed by atoms with Crippen LogP contribution < -0.4 is 10.6 Å². The Balaban J connectivity index is 1.48. The molecule has 5 nitrogen and oxygen atoms in total. The largest absolute Gasteiger partial charge is 0.506 e. The Kier molecular flexibility index (Phi) is 5.96. The van der Waals surface area contributed by atoms with Crippen LogP contribution in [0.25, 0.3) is 0 Å². The number of phenolic OH excluding ortho intramolecular Hbond substituents is 1. The normalized spacial score (nSPS) is 10.5. The van der Waals surface area contributed by atoms with Crippen LogP contribution in [0.15, 0.2) is 73.1 Å². The summed E-state index contributed by atoms with van der Waals surface area (Å²) in [5, 5.41) is 15.8. The van der Waals surface area contributed by atoms with Crippen LogP contribution >= 0.6 is 0 Å². The number of carbonyl (C=O) groups excluding carboxylic acids is 1. The first-order chi connectivity index (χ1) is 12.7. The minimum absolute atomic E-state index is 0.0517. The molecule has 0 saturated heterocycles. The molecule has 2 aromatic carbocycles. The van der Waals surface area contributed by atoms with E-state index in [4.69, 9.17) is 0 Å². The van der Waals surface area contributed by atoms with Crippen LogP contribution in [-0.2, 0) is 13.0 Å². The average Bonchev–Trinajstić information content (AvgIpc) is 2.68. The SMILES string of the molecule is O=C(Nc1ccccc1O)c1ccc(CNCCc2ccncc2)cc1. The number of benzene rings is 2. The highest BCUT2D eigenvalue weighted by molar-refractivity contribution is 6.04. The molecule has 1 amide bonds. The fraction of sp³-hybridized carbons (Fsp3) is 0.143. The highest BCUT2D eigenvalue weighted by atomic mass is 16.3. The molecule has 0 aliphatic heterocycles. The van der Waals surface area contributed by atoms with Crippen LogP contribution in [0, 0.1) is 0 Å². The minimum Gasteiger partial charge on any atom is -0.506 e. The van der Waals surface area contributed by atoms with Gasteiger partial charge in [-0.2, -0.15) is 0 Å². The van der Waals surface area contributed by atoms with E-state index in [9.17, 15) is 9.90 Å². The van der Waals surface area contributed by atoms with Crippen LogP contribution in [0.2, 0.25) is 0 Å². The van der Waals surface area contributed by atoms with E-state index in [1.54, 1.807) is 42.7 Å². The number of rotatable bonds is 7. The second-order valence-corrected chi connectivity index (χ2v) is 5.95. The minimum atomic E-state index is -0.247. The number of aromatic hydroxyl groups is 1. The van der Waals surface area contributed by atoms with Gasteiger partial charge in [0.2, 0.25) is 0 Å². The summed E-state index contributed by atoms with van der Waals surface area (Å²) >= 11 is 0. The molecule has 0 radical (unpaired) electrons. The van der Waals surface area contributed by atoms with Gasteiger partial charge in [0.25, 0.3) is 5.91 Å². The number of hydrogen-bond donors (Lipinski definition) is 3. The number of phenols is 1. The van der Waals surface area contributed by atoms with E-state index < -0.39 is 0 Å². The Morgan fingerprint density at radius 2 is 1.65 bits per heavy atom. The zero-order chi connectivity index (χ0) is 18.2. The zero-order valence-electron chi connectivity index (χ0n) is 14.4. The fourth-order valence-electron chi connectivity index (χ4n) is 2.56. The van der Waals surface area contributed by atoms with Crippen molar-refractivity contribution < 1.29 is 9.90 Å². The molecule has 26 heavy (non-hydrogen) atoms. The summed E-state index contributed by atoms with van der Waals surface area (Å²) in [6.07, 6.45) is 4.55. The van der Waals surface area contributed by atoms with Crippen LogP contribution in [0.5, 0.6) is 5.75 Å². The second-order valence-electron chi connectivity index (χ2n) is 5.95. The Morgan fingerprint density at radius 1 is 0.923 bits per heavy atom. The highest BCUT2D eigenvalue weighted by Crippen LogP contribution is 2.22. The lowest BCUT2D eigenvalue weighted by Gasteiger charge is -2.08.